The highest BCUT2D eigenvalue weighted by molar-refractivity contribution is 5.40. The van der Waals surface area contributed by atoms with E-state index in [1.165, 1.54) is 24.0 Å². The van der Waals surface area contributed by atoms with E-state index >= 15 is 0 Å². The van der Waals surface area contributed by atoms with E-state index in [4.69, 9.17) is 0 Å². The van der Waals surface area contributed by atoms with Gasteiger partial charge in [0.15, 0.2) is 0 Å². The molecule has 98 valence electrons. The normalized spacial score (nSPS) is 18.5. The molecule has 2 unspecified atom stereocenters. The smallest absolute Gasteiger partial charge is 0.0300 e. The molecule has 2 aromatic rings. The Balaban J connectivity index is 1.63. The zero-order chi connectivity index (χ0) is 13.1. The number of fused-ring (bicyclic) bond motifs is 1. The largest absolute Gasteiger partial charge is 0.317 e. The van der Waals surface area contributed by atoms with Crippen molar-refractivity contribution in [2.24, 2.45) is 0 Å². The summed E-state index contributed by atoms with van der Waals surface area (Å²) in [6.45, 7) is 0. The van der Waals surface area contributed by atoms with Crippen LogP contribution in [0.4, 0.5) is 0 Å². The first-order chi connectivity index (χ1) is 9.36. The molecule has 0 fully saturated rings. The second-order valence-electron chi connectivity index (χ2n) is 5.39. The van der Waals surface area contributed by atoms with Gasteiger partial charge in [-0.1, -0.05) is 30.3 Å². The van der Waals surface area contributed by atoms with Crippen LogP contribution in [0.15, 0.2) is 48.8 Å². The highest BCUT2D eigenvalue weighted by Crippen LogP contribution is 2.38. The number of aromatic nitrogens is 1. The molecular formula is C17H20N2. The summed E-state index contributed by atoms with van der Waals surface area (Å²) >= 11 is 0. The third-order valence-electron chi connectivity index (χ3n) is 4.14. The first-order valence-electron chi connectivity index (χ1n) is 7.01. The lowest BCUT2D eigenvalue weighted by Gasteiger charge is -2.33. The molecule has 1 aromatic heterocycles. The van der Waals surface area contributed by atoms with Crippen molar-refractivity contribution in [1.29, 1.82) is 0 Å². The summed E-state index contributed by atoms with van der Waals surface area (Å²) in [6.07, 6.45) is 7.31. The molecule has 1 aliphatic carbocycles. The van der Waals surface area contributed by atoms with Crippen LogP contribution in [0.3, 0.4) is 0 Å². The molecule has 0 radical (unpaired) electrons. The molecule has 0 saturated heterocycles. The van der Waals surface area contributed by atoms with E-state index in [1.54, 1.807) is 5.56 Å². The fourth-order valence-corrected chi connectivity index (χ4v) is 3.02. The quantitative estimate of drug-likeness (QED) is 0.885. The van der Waals surface area contributed by atoms with E-state index in [0.29, 0.717) is 6.04 Å². The van der Waals surface area contributed by atoms with Crippen LogP contribution in [0.1, 0.15) is 29.0 Å². The van der Waals surface area contributed by atoms with Crippen molar-refractivity contribution in [1.82, 2.24) is 10.3 Å². The van der Waals surface area contributed by atoms with Crippen LogP contribution in [-0.2, 0) is 12.8 Å². The Morgan fingerprint density at radius 3 is 2.89 bits per heavy atom. The Morgan fingerprint density at radius 2 is 2.16 bits per heavy atom. The van der Waals surface area contributed by atoms with Crippen LogP contribution in [0.5, 0.6) is 0 Å². The van der Waals surface area contributed by atoms with Crippen molar-refractivity contribution in [3.63, 3.8) is 0 Å². The van der Waals surface area contributed by atoms with Gasteiger partial charge in [0.1, 0.15) is 0 Å². The van der Waals surface area contributed by atoms with Gasteiger partial charge in [0.2, 0.25) is 0 Å². The average molecular weight is 252 g/mol. The number of hydrogen-bond donors (Lipinski definition) is 1. The predicted octanol–water partition coefficient (Wildman–Crippen LogP) is 2.94. The van der Waals surface area contributed by atoms with E-state index in [9.17, 15) is 0 Å². The maximum absolute atomic E-state index is 4.19. The zero-order valence-electron chi connectivity index (χ0n) is 11.3. The number of benzene rings is 1. The van der Waals surface area contributed by atoms with Crippen LogP contribution in [-0.4, -0.2) is 18.1 Å². The number of likely N-dealkylation sites (N-methyl/N-ethyl adjacent to an activating group) is 1. The van der Waals surface area contributed by atoms with Crippen LogP contribution in [0.25, 0.3) is 0 Å². The maximum atomic E-state index is 4.19. The Kier molecular flexibility index (Phi) is 3.60. The van der Waals surface area contributed by atoms with Crippen LogP contribution in [0.2, 0.25) is 0 Å². The van der Waals surface area contributed by atoms with E-state index in [1.807, 2.05) is 18.5 Å². The van der Waals surface area contributed by atoms with Gasteiger partial charge in [-0.15, -0.1) is 0 Å². The van der Waals surface area contributed by atoms with Crippen LogP contribution in [0, 0.1) is 0 Å². The molecule has 0 saturated carbocycles. The molecule has 1 aliphatic rings. The van der Waals surface area contributed by atoms with Crippen molar-refractivity contribution in [3.8, 4) is 0 Å². The van der Waals surface area contributed by atoms with Crippen molar-refractivity contribution in [2.45, 2.75) is 31.2 Å². The minimum atomic E-state index is 0.530. The zero-order valence-corrected chi connectivity index (χ0v) is 11.3. The second kappa shape index (κ2) is 5.54. The molecule has 19 heavy (non-hydrogen) atoms. The predicted molar refractivity (Wildman–Crippen MR) is 78.3 cm³/mol. The Labute approximate surface area is 114 Å². The van der Waals surface area contributed by atoms with Gasteiger partial charge in [-0.3, -0.25) is 4.98 Å². The fourth-order valence-electron chi connectivity index (χ4n) is 3.02. The van der Waals surface area contributed by atoms with Crippen LogP contribution < -0.4 is 5.32 Å². The van der Waals surface area contributed by atoms with Crippen molar-refractivity contribution in [2.75, 3.05) is 7.05 Å². The summed E-state index contributed by atoms with van der Waals surface area (Å²) < 4.78 is 0. The van der Waals surface area contributed by atoms with Gasteiger partial charge in [0.25, 0.3) is 0 Å². The van der Waals surface area contributed by atoms with Crippen molar-refractivity contribution in [3.05, 3.63) is 65.5 Å². The molecule has 0 amide bonds. The van der Waals surface area contributed by atoms with E-state index < -0.39 is 0 Å². The lowest BCUT2D eigenvalue weighted by molar-refractivity contribution is 0.438. The lowest BCUT2D eigenvalue weighted by Crippen LogP contribution is -2.32. The Bertz CT molecular complexity index is 536. The van der Waals surface area contributed by atoms with Crippen molar-refractivity contribution < 1.29 is 0 Å². The maximum Gasteiger partial charge on any atom is 0.0300 e. The Morgan fingerprint density at radius 1 is 1.26 bits per heavy atom. The fraction of sp³-hybridized carbons (Fsp3) is 0.353. The molecular weight excluding hydrogens is 232 g/mol. The number of rotatable bonds is 5. The molecule has 3 rings (SSSR count). The summed E-state index contributed by atoms with van der Waals surface area (Å²) in [4.78, 5) is 4.19. The summed E-state index contributed by atoms with van der Waals surface area (Å²) in [7, 11) is 2.06. The van der Waals surface area contributed by atoms with Gasteiger partial charge in [-0.2, -0.15) is 0 Å². The monoisotopic (exact) mass is 252 g/mol. The van der Waals surface area contributed by atoms with Gasteiger partial charge >= 0.3 is 0 Å². The van der Waals surface area contributed by atoms with Gasteiger partial charge in [0, 0.05) is 18.4 Å². The lowest BCUT2D eigenvalue weighted by atomic mass is 9.74. The molecule has 1 aromatic carbocycles. The highest BCUT2D eigenvalue weighted by Gasteiger charge is 2.27. The van der Waals surface area contributed by atoms with E-state index in [2.05, 4.69) is 47.7 Å². The molecule has 0 aliphatic heterocycles. The Hall–Kier alpha value is -1.67. The first-order valence-corrected chi connectivity index (χ1v) is 7.01. The van der Waals surface area contributed by atoms with Crippen LogP contribution >= 0.6 is 0 Å². The van der Waals surface area contributed by atoms with Gasteiger partial charge < -0.3 is 5.32 Å². The summed E-state index contributed by atoms with van der Waals surface area (Å²) in [6, 6.07) is 13.5. The topological polar surface area (TPSA) is 24.9 Å². The van der Waals surface area contributed by atoms with Crippen molar-refractivity contribution >= 4 is 0 Å². The number of nitrogens with zero attached hydrogens (tertiary/aromatic N) is 1. The molecule has 2 atom stereocenters. The number of nitrogens with one attached hydrogen (secondary N) is 1. The minimum absolute atomic E-state index is 0.530. The van der Waals surface area contributed by atoms with Gasteiger partial charge in [0.05, 0.1) is 0 Å². The molecule has 1 heterocycles. The number of hydrogen-bond acceptors (Lipinski definition) is 2. The minimum Gasteiger partial charge on any atom is -0.317 e. The third-order valence-corrected chi connectivity index (χ3v) is 4.14. The first kappa shape index (κ1) is 12.4. The third kappa shape index (κ3) is 2.69. The standard InChI is InChI=1S/C17H20N2/c1-18-16(9-13-5-4-8-19-12-13)11-15-10-14-6-2-3-7-17(14)15/h2-8,12,15-16,18H,9-11H2,1H3. The highest BCUT2D eigenvalue weighted by atomic mass is 14.9. The van der Waals surface area contributed by atoms with E-state index in [-0.39, 0.29) is 0 Å². The van der Waals surface area contributed by atoms with E-state index in [0.717, 1.165) is 12.3 Å². The summed E-state index contributed by atoms with van der Waals surface area (Å²) in [5, 5.41) is 3.45. The molecule has 0 bridgehead atoms. The molecule has 2 heteroatoms. The SMILES string of the molecule is CNC(Cc1cccnc1)CC1Cc2ccccc21. The van der Waals surface area contributed by atoms with Gasteiger partial charge in [-0.25, -0.2) is 0 Å². The molecule has 0 spiro atoms. The molecule has 1 N–H and O–H groups in total. The summed E-state index contributed by atoms with van der Waals surface area (Å²) in [5.41, 5.74) is 4.40. The number of pyridine rings is 1. The molecule has 2 nitrogen and oxygen atoms in total. The average Bonchev–Trinajstić information content (AvgIpc) is 2.44. The summed E-state index contributed by atoms with van der Waals surface area (Å²) in [5.74, 6) is 0.727. The second-order valence-corrected chi connectivity index (χ2v) is 5.39. The van der Waals surface area contributed by atoms with Gasteiger partial charge in [-0.05, 0) is 55.0 Å².